The number of nitrogens with one attached hydrogen (secondary N) is 1. The summed E-state index contributed by atoms with van der Waals surface area (Å²) in [4.78, 5) is 23.8. The standard InChI is InChI=1S/C18H15N3O5/c1-9-11(7-19)17(18-12(20-9)3-2-4-14(18)22)10-5-15-16(26-8-25-15)6-13(10)21(23)24/h5-6,17,20H,2-4,8H2,1H3/t17-/m0/s1. The van der Waals surface area contributed by atoms with Gasteiger partial charge in [0, 0.05) is 29.0 Å². The van der Waals surface area contributed by atoms with Crippen molar-refractivity contribution in [1.82, 2.24) is 5.32 Å². The number of hydrogen-bond donors (Lipinski definition) is 1. The molecule has 1 N–H and O–H groups in total. The number of nitro groups is 1. The molecule has 0 saturated carbocycles. The zero-order valence-corrected chi connectivity index (χ0v) is 14.0. The van der Waals surface area contributed by atoms with E-state index in [1.165, 1.54) is 12.1 Å². The van der Waals surface area contributed by atoms with Gasteiger partial charge >= 0.3 is 0 Å². The predicted molar refractivity (Wildman–Crippen MR) is 89.3 cm³/mol. The summed E-state index contributed by atoms with van der Waals surface area (Å²) in [5.41, 5.74) is 2.19. The van der Waals surface area contributed by atoms with Crippen molar-refractivity contribution in [3.63, 3.8) is 0 Å². The lowest BCUT2D eigenvalue weighted by Crippen LogP contribution is -2.31. The third-order valence-corrected chi connectivity index (χ3v) is 4.93. The number of carbonyl (C=O) groups is 1. The molecule has 0 fully saturated rings. The monoisotopic (exact) mass is 353 g/mol. The number of hydrogen-bond acceptors (Lipinski definition) is 7. The normalized spacial score (nSPS) is 21.2. The molecule has 4 rings (SSSR count). The lowest BCUT2D eigenvalue weighted by molar-refractivity contribution is -0.385. The molecule has 0 spiro atoms. The highest BCUT2D eigenvalue weighted by Crippen LogP contribution is 2.48. The van der Waals surface area contributed by atoms with Crippen LogP contribution in [-0.4, -0.2) is 17.5 Å². The fourth-order valence-corrected chi connectivity index (χ4v) is 3.78. The quantitative estimate of drug-likeness (QED) is 0.642. The van der Waals surface area contributed by atoms with Crippen LogP contribution in [0.5, 0.6) is 11.5 Å². The lowest BCUT2D eigenvalue weighted by atomic mass is 9.75. The van der Waals surface area contributed by atoms with E-state index in [-0.39, 0.29) is 29.6 Å². The molecule has 0 bridgehead atoms. The lowest BCUT2D eigenvalue weighted by Gasteiger charge is -2.32. The van der Waals surface area contributed by atoms with Crippen LogP contribution in [0.2, 0.25) is 0 Å². The number of dihydropyridines is 1. The van der Waals surface area contributed by atoms with Crippen LogP contribution in [-0.2, 0) is 4.79 Å². The van der Waals surface area contributed by atoms with Crippen molar-refractivity contribution < 1.29 is 19.2 Å². The Hall–Kier alpha value is -3.34. The number of allylic oxidation sites excluding steroid dienone is 4. The molecule has 0 amide bonds. The van der Waals surface area contributed by atoms with Gasteiger partial charge in [0.2, 0.25) is 6.79 Å². The topological polar surface area (TPSA) is 114 Å². The van der Waals surface area contributed by atoms with Gasteiger partial charge in [0.25, 0.3) is 5.69 Å². The number of ether oxygens (including phenoxy) is 2. The highest BCUT2D eigenvalue weighted by molar-refractivity contribution is 6.00. The predicted octanol–water partition coefficient (Wildman–Crippen LogP) is 2.81. The summed E-state index contributed by atoms with van der Waals surface area (Å²) in [5, 5.41) is 24.5. The fourth-order valence-electron chi connectivity index (χ4n) is 3.78. The molecular formula is C18H15N3O5. The van der Waals surface area contributed by atoms with Crippen molar-refractivity contribution in [2.45, 2.75) is 32.1 Å². The number of fused-ring (bicyclic) bond motifs is 1. The molecule has 0 radical (unpaired) electrons. The molecule has 132 valence electrons. The Labute approximate surface area is 148 Å². The number of benzene rings is 1. The Kier molecular flexibility index (Phi) is 3.65. The van der Waals surface area contributed by atoms with Crippen LogP contribution in [0.15, 0.2) is 34.7 Å². The van der Waals surface area contributed by atoms with Crippen LogP contribution in [0.25, 0.3) is 0 Å². The van der Waals surface area contributed by atoms with E-state index in [0.29, 0.717) is 35.4 Å². The van der Waals surface area contributed by atoms with Gasteiger partial charge in [-0.1, -0.05) is 0 Å². The van der Waals surface area contributed by atoms with Gasteiger partial charge in [-0.05, 0) is 25.8 Å². The van der Waals surface area contributed by atoms with E-state index < -0.39 is 10.8 Å². The number of rotatable bonds is 2. The van der Waals surface area contributed by atoms with Gasteiger partial charge in [-0.15, -0.1) is 0 Å². The number of ketones is 1. The number of nitrogens with zero attached hydrogens (tertiary/aromatic N) is 2. The van der Waals surface area contributed by atoms with Gasteiger partial charge in [0.1, 0.15) is 0 Å². The molecule has 0 saturated heterocycles. The second-order valence-electron chi connectivity index (χ2n) is 6.40. The van der Waals surface area contributed by atoms with E-state index >= 15 is 0 Å². The van der Waals surface area contributed by atoms with E-state index in [9.17, 15) is 20.2 Å². The zero-order chi connectivity index (χ0) is 18.4. The smallest absolute Gasteiger partial charge is 0.277 e. The molecule has 1 aromatic carbocycles. The van der Waals surface area contributed by atoms with E-state index in [4.69, 9.17) is 9.47 Å². The molecule has 2 aliphatic heterocycles. The first-order valence-electron chi connectivity index (χ1n) is 8.23. The Morgan fingerprint density at radius 1 is 1.31 bits per heavy atom. The Bertz CT molecular complexity index is 954. The average Bonchev–Trinajstić information content (AvgIpc) is 3.07. The molecule has 26 heavy (non-hydrogen) atoms. The highest BCUT2D eigenvalue weighted by atomic mass is 16.7. The van der Waals surface area contributed by atoms with E-state index in [2.05, 4.69) is 11.4 Å². The van der Waals surface area contributed by atoms with Crippen molar-refractivity contribution in [3.8, 4) is 17.6 Å². The van der Waals surface area contributed by atoms with E-state index in [1.54, 1.807) is 6.92 Å². The largest absolute Gasteiger partial charge is 0.454 e. The van der Waals surface area contributed by atoms with Gasteiger partial charge in [0.05, 0.1) is 28.5 Å². The Morgan fingerprint density at radius 2 is 2.04 bits per heavy atom. The summed E-state index contributed by atoms with van der Waals surface area (Å²) in [6.07, 6.45) is 1.76. The molecule has 0 aromatic heterocycles. The van der Waals surface area contributed by atoms with Crippen molar-refractivity contribution in [2.75, 3.05) is 6.79 Å². The summed E-state index contributed by atoms with van der Waals surface area (Å²) in [5.74, 6) is -0.197. The minimum atomic E-state index is -0.779. The molecule has 2 heterocycles. The minimum Gasteiger partial charge on any atom is -0.454 e. The second kappa shape index (κ2) is 5.88. The maximum atomic E-state index is 12.6. The first-order chi connectivity index (χ1) is 12.5. The van der Waals surface area contributed by atoms with Crippen LogP contribution < -0.4 is 14.8 Å². The third kappa shape index (κ3) is 2.32. The Balaban J connectivity index is 1.98. The maximum absolute atomic E-state index is 12.6. The number of nitriles is 1. The molecule has 1 aliphatic carbocycles. The Morgan fingerprint density at radius 3 is 2.73 bits per heavy atom. The molecule has 8 heteroatoms. The van der Waals surface area contributed by atoms with Crippen molar-refractivity contribution in [1.29, 1.82) is 5.26 Å². The van der Waals surface area contributed by atoms with Crippen LogP contribution >= 0.6 is 0 Å². The number of carbonyl (C=O) groups excluding carboxylic acids is 1. The first kappa shape index (κ1) is 16.1. The first-order valence-corrected chi connectivity index (χ1v) is 8.23. The maximum Gasteiger partial charge on any atom is 0.277 e. The van der Waals surface area contributed by atoms with Gasteiger partial charge in [0.15, 0.2) is 17.3 Å². The van der Waals surface area contributed by atoms with Crippen molar-refractivity contribution in [2.24, 2.45) is 0 Å². The fraction of sp³-hybridized carbons (Fsp3) is 0.333. The van der Waals surface area contributed by atoms with Crippen LogP contribution in [0.1, 0.15) is 37.7 Å². The molecule has 8 nitrogen and oxygen atoms in total. The summed E-state index contributed by atoms with van der Waals surface area (Å²) in [6.45, 7) is 1.72. The molecule has 1 aromatic rings. The molecule has 0 unspecified atom stereocenters. The summed E-state index contributed by atoms with van der Waals surface area (Å²) in [7, 11) is 0. The van der Waals surface area contributed by atoms with Crippen molar-refractivity contribution >= 4 is 11.5 Å². The molecule has 3 aliphatic rings. The summed E-state index contributed by atoms with van der Waals surface area (Å²) >= 11 is 0. The third-order valence-electron chi connectivity index (χ3n) is 4.93. The number of nitro benzene ring substituents is 1. The van der Waals surface area contributed by atoms with E-state index in [1.807, 2.05) is 0 Å². The van der Waals surface area contributed by atoms with Crippen LogP contribution in [0.3, 0.4) is 0 Å². The van der Waals surface area contributed by atoms with Gasteiger partial charge in [-0.25, -0.2) is 0 Å². The summed E-state index contributed by atoms with van der Waals surface area (Å²) in [6, 6.07) is 4.95. The van der Waals surface area contributed by atoms with Gasteiger partial charge in [-0.3, -0.25) is 14.9 Å². The molecule has 1 atom stereocenters. The van der Waals surface area contributed by atoms with Gasteiger partial charge < -0.3 is 14.8 Å². The minimum absolute atomic E-state index is 0.0188. The zero-order valence-electron chi connectivity index (χ0n) is 14.0. The van der Waals surface area contributed by atoms with Crippen LogP contribution in [0, 0.1) is 21.4 Å². The van der Waals surface area contributed by atoms with Gasteiger partial charge in [-0.2, -0.15) is 5.26 Å². The highest BCUT2D eigenvalue weighted by Gasteiger charge is 2.40. The second-order valence-corrected chi connectivity index (χ2v) is 6.40. The van der Waals surface area contributed by atoms with E-state index in [0.717, 1.165) is 12.1 Å². The van der Waals surface area contributed by atoms with Crippen molar-refractivity contribution in [3.05, 3.63) is 50.4 Å². The summed E-state index contributed by atoms with van der Waals surface area (Å²) < 4.78 is 10.6. The number of Topliss-reactive ketones (excluding diaryl/α,β-unsaturated/α-hetero) is 1. The van der Waals surface area contributed by atoms with Crippen LogP contribution in [0.4, 0.5) is 5.69 Å². The molecular weight excluding hydrogens is 338 g/mol. The average molecular weight is 353 g/mol. The SMILES string of the molecule is CC1=C(C#N)[C@H](c2cc3c(cc2[N+](=O)[O-])OCO3)C2=C(CCCC2=O)N1.